The van der Waals surface area contributed by atoms with Gasteiger partial charge in [-0.15, -0.1) is 0 Å². The number of hydrogen-bond acceptors (Lipinski definition) is 2. The number of rotatable bonds is 1. The van der Waals surface area contributed by atoms with Crippen LogP contribution in [0.15, 0.2) is 47.2 Å². The third kappa shape index (κ3) is 2.09. The number of allylic oxidation sites excluding steroid dienone is 2. The predicted octanol–water partition coefficient (Wildman–Crippen LogP) is 3.50. The lowest BCUT2D eigenvalue weighted by atomic mass is 9.87. The molecule has 1 aliphatic carbocycles. The molecule has 16 heavy (non-hydrogen) atoms. The van der Waals surface area contributed by atoms with Crippen molar-refractivity contribution < 1.29 is 10.2 Å². The molecule has 0 bridgehead atoms. The van der Waals surface area contributed by atoms with Gasteiger partial charge in [0.2, 0.25) is 0 Å². The molecule has 2 N–H and O–H groups in total. The number of hydrogen-bond donors (Lipinski definition) is 2. The highest BCUT2D eigenvalue weighted by molar-refractivity contribution is 6.31. The molecule has 0 heterocycles. The first-order valence-corrected chi connectivity index (χ1v) is 5.52. The lowest BCUT2D eigenvalue weighted by molar-refractivity contribution is 0.0749. The average molecular weight is 257 g/mol. The summed E-state index contributed by atoms with van der Waals surface area (Å²) in [5.41, 5.74) is -0.545. The molecule has 1 aliphatic rings. The predicted molar refractivity (Wildman–Crippen MR) is 64.6 cm³/mol. The van der Waals surface area contributed by atoms with Gasteiger partial charge in [-0.05, 0) is 29.8 Å². The van der Waals surface area contributed by atoms with E-state index < -0.39 is 5.60 Å². The molecule has 2 rings (SSSR count). The highest BCUT2D eigenvalue weighted by Gasteiger charge is 2.31. The maximum Gasteiger partial charge on any atom is 0.115 e. The van der Waals surface area contributed by atoms with Gasteiger partial charge in [-0.2, -0.15) is 0 Å². The molecule has 0 saturated carbocycles. The summed E-state index contributed by atoms with van der Waals surface area (Å²) in [4.78, 5) is 0. The average Bonchev–Trinajstić information content (AvgIpc) is 2.25. The minimum atomic E-state index is -1.22. The van der Waals surface area contributed by atoms with E-state index in [2.05, 4.69) is 0 Å². The maximum absolute atomic E-state index is 10.3. The summed E-state index contributed by atoms with van der Waals surface area (Å²) in [5.74, 6) is -0.0124. The van der Waals surface area contributed by atoms with E-state index >= 15 is 0 Å². The van der Waals surface area contributed by atoms with E-state index in [0.29, 0.717) is 10.6 Å². The van der Waals surface area contributed by atoms with Gasteiger partial charge < -0.3 is 10.2 Å². The summed E-state index contributed by atoms with van der Waals surface area (Å²) in [7, 11) is 0. The fourth-order valence-electron chi connectivity index (χ4n) is 1.64. The van der Waals surface area contributed by atoms with E-state index in [4.69, 9.17) is 23.2 Å². The van der Waals surface area contributed by atoms with Gasteiger partial charge in [0.05, 0.1) is 5.03 Å². The molecule has 0 spiro atoms. The van der Waals surface area contributed by atoms with Crippen LogP contribution < -0.4 is 0 Å². The second-order valence-corrected chi connectivity index (χ2v) is 4.58. The van der Waals surface area contributed by atoms with Gasteiger partial charge in [0.25, 0.3) is 0 Å². The first kappa shape index (κ1) is 11.5. The van der Waals surface area contributed by atoms with Crippen LogP contribution in [0.5, 0.6) is 0 Å². The molecule has 84 valence electrons. The Bertz CT molecular complexity index is 462. The molecular formula is C12H10Cl2O2. The lowest BCUT2D eigenvalue weighted by Crippen LogP contribution is -2.25. The molecule has 0 amide bonds. The number of aliphatic hydroxyl groups excluding tert-OH is 1. The number of halogens is 2. The number of aliphatic hydroxyl groups is 2. The minimum Gasteiger partial charge on any atom is -0.511 e. The van der Waals surface area contributed by atoms with Gasteiger partial charge in [0.1, 0.15) is 11.4 Å². The Balaban J connectivity index is 2.35. The molecule has 4 heteroatoms. The second-order valence-electron chi connectivity index (χ2n) is 3.74. The van der Waals surface area contributed by atoms with Crippen LogP contribution in [-0.2, 0) is 5.60 Å². The SMILES string of the molecule is OC1=C(Cl)C=CC(O)(c2ccc(Cl)cc2)C1. The highest BCUT2D eigenvalue weighted by atomic mass is 35.5. The fourth-order valence-corrected chi connectivity index (χ4v) is 1.90. The summed E-state index contributed by atoms with van der Waals surface area (Å²) in [5, 5.41) is 20.7. The molecule has 1 aromatic rings. The van der Waals surface area contributed by atoms with Crippen LogP contribution in [-0.4, -0.2) is 10.2 Å². The topological polar surface area (TPSA) is 40.5 Å². The first-order chi connectivity index (χ1) is 7.51. The molecular weight excluding hydrogens is 247 g/mol. The molecule has 1 aromatic carbocycles. The Morgan fingerprint density at radius 1 is 1.12 bits per heavy atom. The summed E-state index contributed by atoms with van der Waals surface area (Å²) >= 11 is 11.5. The van der Waals surface area contributed by atoms with Crippen LogP contribution in [0.3, 0.4) is 0 Å². The van der Waals surface area contributed by atoms with Crippen molar-refractivity contribution in [3.8, 4) is 0 Å². The quantitative estimate of drug-likeness (QED) is 0.808. The first-order valence-electron chi connectivity index (χ1n) is 4.76. The van der Waals surface area contributed by atoms with Crippen LogP contribution in [0.2, 0.25) is 5.02 Å². The van der Waals surface area contributed by atoms with Crippen molar-refractivity contribution in [1.29, 1.82) is 0 Å². The van der Waals surface area contributed by atoms with Gasteiger partial charge in [0, 0.05) is 11.4 Å². The van der Waals surface area contributed by atoms with Crippen LogP contribution in [0.1, 0.15) is 12.0 Å². The van der Waals surface area contributed by atoms with Crippen molar-refractivity contribution in [1.82, 2.24) is 0 Å². The van der Waals surface area contributed by atoms with Crippen molar-refractivity contribution in [3.63, 3.8) is 0 Å². The van der Waals surface area contributed by atoms with E-state index in [1.165, 1.54) is 6.08 Å². The summed E-state index contributed by atoms with van der Waals surface area (Å²) in [6.07, 6.45) is 3.14. The van der Waals surface area contributed by atoms with Crippen molar-refractivity contribution in [2.75, 3.05) is 0 Å². The van der Waals surface area contributed by atoms with E-state index in [9.17, 15) is 10.2 Å². The molecule has 0 fully saturated rings. The highest BCUT2D eigenvalue weighted by Crippen LogP contribution is 2.35. The third-order valence-electron chi connectivity index (χ3n) is 2.56. The zero-order chi connectivity index (χ0) is 11.8. The third-order valence-corrected chi connectivity index (χ3v) is 3.16. The minimum absolute atomic E-state index is 0.0124. The Morgan fingerprint density at radius 3 is 2.31 bits per heavy atom. The molecule has 0 saturated heterocycles. The van der Waals surface area contributed by atoms with Crippen molar-refractivity contribution >= 4 is 23.2 Å². The Hall–Kier alpha value is -0.960. The molecule has 0 aromatic heterocycles. The van der Waals surface area contributed by atoms with Gasteiger partial charge in [0.15, 0.2) is 0 Å². The van der Waals surface area contributed by atoms with Crippen molar-refractivity contribution in [3.05, 3.63) is 57.8 Å². The van der Waals surface area contributed by atoms with Crippen molar-refractivity contribution in [2.24, 2.45) is 0 Å². The second kappa shape index (κ2) is 4.13. The molecule has 2 nitrogen and oxygen atoms in total. The molecule has 1 unspecified atom stereocenters. The lowest BCUT2D eigenvalue weighted by Gasteiger charge is -2.27. The smallest absolute Gasteiger partial charge is 0.115 e. The monoisotopic (exact) mass is 256 g/mol. The fraction of sp³-hybridized carbons (Fsp3) is 0.167. The van der Waals surface area contributed by atoms with Crippen LogP contribution in [0.25, 0.3) is 0 Å². The normalized spacial score (nSPS) is 24.9. The Labute approximate surface area is 103 Å². The Kier molecular flexibility index (Phi) is 2.98. The maximum atomic E-state index is 10.3. The van der Waals surface area contributed by atoms with Crippen LogP contribution in [0, 0.1) is 0 Å². The largest absolute Gasteiger partial charge is 0.511 e. The standard InChI is InChI=1S/C12H10Cl2O2/c13-9-3-1-8(2-4-9)12(16)6-5-10(14)11(15)7-12/h1-6,15-16H,7H2. The Morgan fingerprint density at radius 2 is 1.75 bits per heavy atom. The zero-order valence-electron chi connectivity index (χ0n) is 8.32. The summed E-state index contributed by atoms with van der Waals surface area (Å²) < 4.78 is 0. The van der Waals surface area contributed by atoms with Gasteiger partial charge in [-0.1, -0.05) is 35.3 Å². The summed E-state index contributed by atoms with van der Waals surface area (Å²) in [6.45, 7) is 0. The molecule has 0 radical (unpaired) electrons. The number of benzene rings is 1. The van der Waals surface area contributed by atoms with Crippen LogP contribution >= 0.6 is 23.2 Å². The van der Waals surface area contributed by atoms with E-state index in [-0.39, 0.29) is 17.2 Å². The summed E-state index contributed by atoms with van der Waals surface area (Å²) in [6, 6.07) is 6.83. The van der Waals surface area contributed by atoms with Gasteiger partial charge >= 0.3 is 0 Å². The van der Waals surface area contributed by atoms with Crippen LogP contribution in [0.4, 0.5) is 0 Å². The van der Waals surface area contributed by atoms with E-state index in [1.807, 2.05) is 0 Å². The van der Waals surface area contributed by atoms with Gasteiger partial charge in [-0.3, -0.25) is 0 Å². The molecule has 0 aliphatic heterocycles. The zero-order valence-corrected chi connectivity index (χ0v) is 9.83. The van der Waals surface area contributed by atoms with E-state index in [1.54, 1.807) is 30.3 Å². The van der Waals surface area contributed by atoms with Crippen molar-refractivity contribution in [2.45, 2.75) is 12.0 Å². The van der Waals surface area contributed by atoms with Gasteiger partial charge in [-0.25, -0.2) is 0 Å². The van der Waals surface area contributed by atoms with E-state index in [0.717, 1.165) is 0 Å². The molecule has 1 atom stereocenters.